The fraction of sp³-hybridized carbons (Fsp3) is 0.250. The molecule has 0 radical (unpaired) electrons. The van der Waals surface area contributed by atoms with Crippen molar-refractivity contribution in [2.45, 2.75) is 12.5 Å². The number of imide groups is 1. The van der Waals surface area contributed by atoms with Gasteiger partial charge in [-0.2, -0.15) is 0 Å². The molecule has 3 amide bonds. The van der Waals surface area contributed by atoms with Gasteiger partial charge in [0.25, 0.3) is 5.91 Å². The SMILES string of the molecule is CC1(c2cccc(F)c2)NC(=O)N(CC(=O)O)C1=O. The first-order valence-corrected chi connectivity index (χ1v) is 5.46. The van der Waals surface area contributed by atoms with Gasteiger partial charge in [0.15, 0.2) is 0 Å². The quantitative estimate of drug-likeness (QED) is 0.787. The Balaban J connectivity index is 2.38. The van der Waals surface area contributed by atoms with Crippen LogP contribution in [0.3, 0.4) is 0 Å². The molecule has 1 aromatic rings. The molecule has 1 aromatic carbocycles. The Bertz CT molecular complexity index is 575. The molecule has 2 N–H and O–H groups in total. The summed E-state index contributed by atoms with van der Waals surface area (Å²) in [5.74, 6) is -2.56. The molecule has 1 atom stereocenters. The maximum atomic E-state index is 13.2. The molecular weight excluding hydrogens is 255 g/mol. The van der Waals surface area contributed by atoms with E-state index in [0.29, 0.717) is 4.90 Å². The molecule has 100 valence electrons. The first-order chi connectivity index (χ1) is 8.84. The van der Waals surface area contributed by atoms with E-state index in [2.05, 4.69) is 5.32 Å². The van der Waals surface area contributed by atoms with Gasteiger partial charge >= 0.3 is 12.0 Å². The Morgan fingerprint density at radius 1 is 1.47 bits per heavy atom. The van der Waals surface area contributed by atoms with E-state index in [1.54, 1.807) is 0 Å². The summed E-state index contributed by atoms with van der Waals surface area (Å²) in [7, 11) is 0. The minimum Gasteiger partial charge on any atom is -0.480 e. The molecule has 19 heavy (non-hydrogen) atoms. The topological polar surface area (TPSA) is 86.7 Å². The van der Waals surface area contributed by atoms with Crippen molar-refractivity contribution in [2.24, 2.45) is 0 Å². The van der Waals surface area contributed by atoms with E-state index in [0.717, 1.165) is 6.07 Å². The monoisotopic (exact) mass is 266 g/mol. The molecule has 0 saturated carbocycles. The molecule has 1 aliphatic rings. The van der Waals surface area contributed by atoms with Crippen LogP contribution in [0.4, 0.5) is 9.18 Å². The van der Waals surface area contributed by atoms with Crippen LogP contribution in [-0.2, 0) is 15.1 Å². The Morgan fingerprint density at radius 2 is 2.16 bits per heavy atom. The highest BCUT2D eigenvalue weighted by molar-refractivity contribution is 6.08. The molecule has 1 saturated heterocycles. The highest BCUT2D eigenvalue weighted by Gasteiger charge is 2.49. The zero-order chi connectivity index (χ0) is 14.2. The lowest BCUT2D eigenvalue weighted by atomic mass is 9.92. The lowest BCUT2D eigenvalue weighted by molar-refractivity contribution is -0.142. The van der Waals surface area contributed by atoms with Gasteiger partial charge in [-0.25, -0.2) is 9.18 Å². The summed E-state index contributed by atoms with van der Waals surface area (Å²) in [6.07, 6.45) is 0. The van der Waals surface area contributed by atoms with Gasteiger partial charge in [-0.05, 0) is 24.6 Å². The molecule has 1 unspecified atom stereocenters. The van der Waals surface area contributed by atoms with Gasteiger partial charge in [0.1, 0.15) is 17.9 Å². The average Bonchev–Trinajstić information content (AvgIpc) is 2.54. The van der Waals surface area contributed by atoms with Crippen molar-refractivity contribution < 1.29 is 23.9 Å². The summed E-state index contributed by atoms with van der Waals surface area (Å²) in [6, 6.07) is 4.44. The Kier molecular flexibility index (Phi) is 2.97. The summed E-state index contributed by atoms with van der Waals surface area (Å²) in [5.41, 5.74) is -1.19. The number of hydrogen-bond acceptors (Lipinski definition) is 3. The number of halogens is 1. The van der Waals surface area contributed by atoms with E-state index in [1.807, 2.05) is 0 Å². The number of nitrogens with zero attached hydrogens (tertiary/aromatic N) is 1. The number of amides is 3. The summed E-state index contributed by atoms with van der Waals surface area (Å²) in [4.78, 5) is 35.0. The average molecular weight is 266 g/mol. The predicted octanol–water partition coefficient (Wildman–Crippen LogP) is 0.677. The van der Waals surface area contributed by atoms with Gasteiger partial charge in [-0.15, -0.1) is 0 Å². The Hall–Kier alpha value is -2.44. The van der Waals surface area contributed by atoms with Crippen LogP contribution in [0, 0.1) is 5.82 Å². The highest BCUT2D eigenvalue weighted by Crippen LogP contribution is 2.28. The summed E-state index contributed by atoms with van der Waals surface area (Å²) >= 11 is 0. The molecule has 1 heterocycles. The van der Waals surface area contributed by atoms with Gasteiger partial charge in [-0.3, -0.25) is 14.5 Å². The highest BCUT2D eigenvalue weighted by atomic mass is 19.1. The van der Waals surface area contributed by atoms with Crippen LogP contribution < -0.4 is 5.32 Å². The smallest absolute Gasteiger partial charge is 0.325 e. The van der Waals surface area contributed by atoms with Crippen molar-refractivity contribution in [3.05, 3.63) is 35.6 Å². The summed E-state index contributed by atoms with van der Waals surface area (Å²) < 4.78 is 13.2. The van der Waals surface area contributed by atoms with Gasteiger partial charge in [-0.1, -0.05) is 12.1 Å². The lowest BCUT2D eigenvalue weighted by Gasteiger charge is -2.21. The molecule has 7 heteroatoms. The number of hydrogen-bond donors (Lipinski definition) is 2. The number of benzene rings is 1. The maximum Gasteiger partial charge on any atom is 0.325 e. The zero-order valence-corrected chi connectivity index (χ0v) is 10.0. The first-order valence-electron chi connectivity index (χ1n) is 5.46. The van der Waals surface area contributed by atoms with E-state index >= 15 is 0 Å². The van der Waals surface area contributed by atoms with Crippen LogP contribution in [0.25, 0.3) is 0 Å². The second kappa shape index (κ2) is 4.34. The summed E-state index contributed by atoms with van der Waals surface area (Å²) in [5, 5.41) is 11.0. The zero-order valence-electron chi connectivity index (χ0n) is 10.0. The Morgan fingerprint density at radius 3 is 2.74 bits per heavy atom. The van der Waals surface area contributed by atoms with E-state index in [-0.39, 0.29) is 5.56 Å². The number of carbonyl (C=O) groups is 3. The normalized spacial score (nSPS) is 22.5. The van der Waals surface area contributed by atoms with Crippen LogP contribution in [-0.4, -0.2) is 34.5 Å². The van der Waals surface area contributed by atoms with Crippen LogP contribution in [0.15, 0.2) is 24.3 Å². The van der Waals surface area contributed by atoms with E-state index in [1.165, 1.54) is 25.1 Å². The predicted molar refractivity (Wildman–Crippen MR) is 61.6 cm³/mol. The molecule has 0 bridgehead atoms. The lowest BCUT2D eigenvalue weighted by Crippen LogP contribution is -2.41. The van der Waals surface area contributed by atoms with Crippen molar-refractivity contribution >= 4 is 17.9 Å². The molecule has 0 spiro atoms. The van der Waals surface area contributed by atoms with Crippen LogP contribution in [0.2, 0.25) is 0 Å². The minimum absolute atomic E-state index is 0.263. The van der Waals surface area contributed by atoms with E-state index in [9.17, 15) is 18.8 Å². The number of carbonyl (C=O) groups excluding carboxylic acids is 2. The molecule has 0 aromatic heterocycles. The van der Waals surface area contributed by atoms with Gasteiger partial charge in [0.2, 0.25) is 0 Å². The second-order valence-corrected chi connectivity index (χ2v) is 4.35. The third-order valence-corrected chi connectivity index (χ3v) is 2.97. The van der Waals surface area contributed by atoms with Crippen LogP contribution in [0.1, 0.15) is 12.5 Å². The number of nitrogens with one attached hydrogen (secondary N) is 1. The van der Waals surface area contributed by atoms with Crippen LogP contribution in [0.5, 0.6) is 0 Å². The second-order valence-electron chi connectivity index (χ2n) is 4.35. The van der Waals surface area contributed by atoms with Crippen molar-refractivity contribution in [3.8, 4) is 0 Å². The molecule has 2 rings (SSSR count). The maximum absolute atomic E-state index is 13.2. The number of rotatable bonds is 3. The first kappa shape index (κ1) is 13.0. The number of aliphatic carboxylic acids is 1. The minimum atomic E-state index is -1.45. The van der Waals surface area contributed by atoms with Crippen molar-refractivity contribution in [1.82, 2.24) is 10.2 Å². The molecule has 0 aliphatic carbocycles. The van der Waals surface area contributed by atoms with Crippen molar-refractivity contribution in [3.63, 3.8) is 0 Å². The number of urea groups is 1. The summed E-state index contributed by atoms with van der Waals surface area (Å²) in [6.45, 7) is 0.680. The van der Waals surface area contributed by atoms with Crippen molar-refractivity contribution in [2.75, 3.05) is 6.54 Å². The number of carboxylic acids is 1. The third-order valence-electron chi connectivity index (χ3n) is 2.97. The Labute approximate surface area is 107 Å². The molecule has 1 fully saturated rings. The van der Waals surface area contributed by atoms with Gasteiger partial charge in [0.05, 0.1) is 0 Å². The fourth-order valence-corrected chi connectivity index (χ4v) is 1.97. The van der Waals surface area contributed by atoms with Gasteiger partial charge < -0.3 is 10.4 Å². The number of carboxylic acid groups (broad SMARTS) is 1. The van der Waals surface area contributed by atoms with E-state index in [4.69, 9.17) is 5.11 Å². The molecule has 1 aliphatic heterocycles. The van der Waals surface area contributed by atoms with Crippen LogP contribution >= 0.6 is 0 Å². The van der Waals surface area contributed by atoms with Gasteiger partial charge in [0, 0.05) is 0 Å². The fourth-order valence-electron chi connectivity index (χ4n) is 1.97. The van der Waals surface area contributed by atoms with Crippen molar-refractivity contribution in [1.29, 1.82) is 0 Å². The molecular formula is C12H11FN2O4. The van der Waals surface area contributed by atoms with E-state index < -0.39 is 35.8 Å². The largest absolute Gasteiger partial charge is 0.480 e. The third kappa shape index (κ3) is 2.14. The molecule has 6 nitrogen and oxygen atoms in total. The standard InChI is InChI=1S/C12H11FN2O4/c1-12(7-3-2-4-8(13)5-7)10(18)15(6-9(16)17)11(19)14-12/h2-5H,6H2,1H3,(H,14,19)(H,16,17).